The first-order valence-electron chi connectivity index (χ1n) is 6.98. The Balaban J connectivity index is 2.10. The molecule has 3 heterocycles. The molecule has 1 saturated heterocycles. The Morgan fingerprint density at radius 1 is 1.35 bits per heavy atom. The van der Waals surface area contributed by atoms with E-state index in [1.165, 1.54) is 12.1 Å². The summed E-state index contributed by atoms with van der Waals surface area (Å²) in [6.07, 6.45) is 3.77. The van der Waals surface area contributed by atoms with Crippen molar-refractivity contribution in [2.45, 2.75) is 44.1 Å². The van der Waals surface area contributed by atoms with E-state index >= 15 is 0 Å². The molecule has 7 heteroatoms. The van der Waals surface area contributed by atoms with Gasteiger partial charge >= 0.3 is 5.69 Å². The van der Waals surface area contributed by atoms with E-state index in [0.717, 1.165) is 18.4 Å². The van der Waals surface area contributed by atoms with E-state index in [1.54, 1.807) is 17.8 Å². The van der Waals surface area contributed by atoms with Gasteiger partial charge in [-0.3, -0.25) is 9.13 Å². The lowest BCUT2D eigenvalue weighted by Gasteiger charge is -2.33. The van der Waals surface area contributed by atoms with Crippen LogP contribution in [0.25, 0.3) is 11.2 Å². The van der Waals surface area contributed by atoms with Crippen molar-refractivity contribution in [3.05, 3.63) is 22.0 Å². The first-order valence-corrected chi connectivity index (χ1v) is 10.8. The standard InChI is InChI=1S/C13H19ClN4OSi/c1-17-10-8-15-12(14)16-11(10)18(13(17)19)9-4-6-20(2,3)7-5-9/h8-9H,4-7H2,1-3H3. The van der Waals surface area contributed by atoms with Crippen LogP contribution in [0.3, 0.4) is 0 Å². The number of fused-ring (bicyclic) bond motifs is 1. The second-order valence-corrected chi connectivity index (χ2v) is 12.1. The van der Waals surface area contributed by atoms with Gasteiger partial charge in [0.25, 0.3) is 0 Å². The minimum Gasteiger partial charge on any atom is -0.292 e. The molecule has 20 heavy (non-hydrogen) atoms. The molecule has 0 atom stereocenters. The number of rotatable bonds is 1. The topological polar surface area (TPSA) is 52.7 Å². The highest BCUT2D eigenvalue weighted by atomic mass is 35.5. The normalized spacial score (nSPS) is 19.6. The molecule has 1 fully saturated rings. The van der Waals surface area contributed by atoms with Crippen LogP contribution in [0.4, 0.5) is 0 Å². The van der Waals surface area contributed by atoms with E-state index in [2.05, 4.69) is 23.1 Å². The van der Waals surface area contributed by atoms with Gasteiger partial charge in [-0.2, -0.15) is 4.98 Å². The highest BCUT2D eigenvalue weighted by molar-refractivity contribution is 6.77. The Labute approximate surface area is 123 Å². The molecule has 0 unspecified atom stereocenters. The number of aromatic nitrogens is 4. The summed E-state index contributed by atoms with van der Waals surface area (Å²) in [5.74, 6) is 0. The maximum absolute atomic E-state index is 12.5. The molecule has 0 saturated carbocycles. The highest BCUT2D eigenvalue weighted by Crippen LogP contribution is 2.35. The molecule has 1 aliphatic heterocycles. The third-order valence-electron chi connectivity index (χ3n) is 4.48. The van der Waals surface area contributed by atoms with Crippen LogP contribution in [0, 0.1) is 0 Å². The van der Waals surface area contributed by atoms with Crippen LogP contribution in [0.15, 0.2) is 11.0 Å². The zero-order chi connectivity index (χ0) is 14.5. The van der Waals surface area contributed by atoms with Crippen molar-refractivity contribution >= 4 is 30.8 Å². The summed E-state index contributed by atoms with van der Waals surface area (Å²) >= 11 is 5.90. The minimum absolute atomic E-state index is 0.0112. The zero-order valence-corrected chi connectivity index (χ0v) is 13.8. The van der Waals surface area contributed by atoms with Crippen LogP contribution in [0.2, 0.25) is 30.5 Å². The molecule has 0 amide bonds. The number of halogens is 1. The monoisotopic (exact) mass is 310 g/mol. The molecule has 2 aromatic rings. The van der Waals surface area contributed by atoms with E-state index < -0.39 is 8.07 Å². The Bertz CT molecular complexity index is 711. The maximum atomic E-state index is 12.5. The molecule has 2 aromatic heterocycles. The first-order chi connectivity index (χ1) is 9.39. The molecular formula is C13H19ClN4OSi. The average molecular weight is 311 g/mol. The lowest BCUT2D eigenvalue weighted by Crippen LogP contribution is -2.35. The molecule has 3 rings (SSSR count). The van der Waals surface area contributed by atoms with Crippen LogP contribution < -0.4 is 5.69 Å². The Morgan fingerprint density at radius 2 is 2.00 bits per heavy atom. The van der Waals surface area contributed by atoms with E-state index in [4.69, 9.17) is 11.6 Å². The van der Waals surface area contributed by atoms with Crippen molar-refractivity contribution in [1.82, 2.24) is 19.1 Å². The van der Waals surface area contributed by atoms with Crippen molar-refractivity contribution in [1.29, 1.82) is 0 Å². The summed E-state index contributed by atoms with van der Waals surface area (Å²) in [4.78, 5) is 20.7. The SMILES string of the molecule is Cn1c(=O)n(C2CC[Si](C)(C)CC2)c2nc(Cl)ncc21. The summed E-state index contributed by atoms with van der Waals surface area (Å²) < 4.78 is 3.44. The predicted octanol–water partition coefficient (Wildman–Crippen LogP) is 2.83. The molecule has 0 aromatic carbocycles. The first kappa shape index (κ1) is 13.8. The summed E-state index contributed by atoms with van der Waals surface area (Å²) in [6.45, 7) is 4.85. The van der Waals surface area contributed by atoms with Gasteiger partial charge < -0.3 is 0 Å². The van der Waals surface area contributed by atoms with Gasteiger partial charge in [0.05, 0.1) is 6.20 Å². The van der Waals surface area contributed by atoms with Gasteiger partial charge in [-0.25, -0.2) is 9.78 Å². The summed E-state index contributed by atoms with van der Waals surface area (Å²) in [5.41, 5.74) is 1.41. The molecule has 0 N–H and O–H groups in total. The van der Waals surface area contributed by atoms with Crippen LogP contribution in [-0.2, 0) is 7.05 Å². The Morgan fingerprint density at radius 3 is 2.65 bits per heavy atom. The van der Waals surface area contributed by atoms with Crippen LogP contribution >= 0.6 is 11.6 Å². The number of hydrogen-bond donors (Lipinski definition) is 0. The smallest absolute Gasteiger partial charge is 0.292 e. The third-order valence-corrected chi connectivity index (χ3v) is 7.94. The van der Waals surface area contributed by atoms with Gasteiger partial charge in [0.1, 0.15) is 5.52 Å². The van der Waals surface area contributed by atoms with Crippen molar-refractivity contribution in [2.75, 3.05) is 0 Å². The van der Waals surface area contributed by atoms with Crippen molar-refractivity contribution in [3.8, 4) is 0 Å². The van der Waals surface area contributed by atoms with Crippen LogP contribution in [-0.4, -0.2) is 27.2 Å². The van der Waals surface area contributed by atoms with E-state index in [-0.39, 0.29) is 17.0 Å². The fourth-order valence-corrected chi connectivity index (χ4v) is 5.69. The van der Waals surface area contributed by atoms with Gasteiger partial charge in [0.2, 0.25) is 5.28 Å². The lowest BCUT2D eigenvalue weighted by molar-refractivity contribution is 0.442. The summed E-state index contributed by atoms with van der Waals surface area (Å²) in [6, 6.07) is 2.77. The second kappa shape index (κ2) is 4.70. The van der Waals surface area contributed by atoms with Crippen molar-refractivity contribution < 1.29 is 0 Å². The molecule has 1 aliphatic rings. The molecule has 0 spiro atoms. The van der Waals surface area contributed by atoms with Gasteiger partial charge in [-0.1, -0.05) is 25.2 Å². The molecule has 0 radical (unpaired) electrons. The second-order valence-electron chi connectivity index (χ2n) is 6.45. The Kier molecular flexibility index (Phi) is 3.25. The largest absolute Gasteiger partial charge is 0.330 e. The third kappa shape index (κ3) is 2.20. The summed E-state index contributed by atoms with van der Waals surface area (Å²) in [5, 5.41) is 0.197. The lowest BCUT2D eigenvalue weighted by atomic mass is 10.1. The van der Waals surface area contributed by atoms with Gasteiger partial charge in [-0.05, 0) is 24.4 Å². The molecule has 108 valence electrons. The van der Waals surface area contributed by atoms with Crippen LogP contribution in [0.5, 0.6) is 0 Å². The average Bonchev–Trinajstić information content (AvgIpc) is 2.63. The summed E-state index contributed by atoms with van der Waals surface area (Å²) in [7, 11) is 0.729. The fraction of sp³-hybridized carbons (Fsp3) is 0.615. The van der Waals surface area contributed by atoms with E-state index in [9.17, 15) is 4.79 Å². The molecule has 0 aliphatic carbocycles. The van der Waals surface area contributed by atoms with E-state index in [0.29, 0.717) is 5.65 Å². The minimum atomic E-state index is -1.04. The number of hydrogen-bond acceptors (Lipinski definition) is 3. The quantitative estimate of drug-likeness (QED) is 0.601. The van der Waals surface area contributed by atoms with Crippen LogP contribution in [0.1, 0.15) is 18.9 Å². The van der Waals surface area contributed by atoms with Gasteiger partial charge in [0.15, 0.2) is 5.65 Å². The Hall–Kier alpha value is -1.14. The van der Waals surface area contributed by atoms with Crippen molar-refractivity contribution in [2.24, 2.45) is 7.05 Å². The highest BCUT2D eigenvalue weighted by Gasteiger charge is 2.31. The zero-order valence-electron chi connectivity index (χ0n) is 12.1. The predicted molar refractivity (Wildman–Crippen MR) is 83.1 cm³/mol. The van der Waals surface area contributed by atoms with Gasteiger partial charge in [0, 0.05) is 21.2 Å². The molecule has 5 nitrogen and oxygen atoms in total. The number of aryl methyl sites for hydroxylation is 1. The number of nitrogens with zero attached hydrogens (tertiary/aromatic N) is 4. The molecule has 0 bridgehead atoms. The van der Waals surface area contributed by atoms with Gasteiger partial charge in [-0.15, -0.1) is 0 Å². The fourth-order valence-electron chi connectivity index (χ4n) is 3.09. The molecular weight excluding hydrogens is 292 g/mol. The maximum Gasteiger partial charge on any atom is 0.330 e. The van der Waals surface area contributed by atoms with Crippen molar-refractivity contribution in [3.63, 3.8) is 0 Å². The van der Waals surface area contributed by atoms with E-state index in [1.807, 2.05) is 4.57 Å². The number of imidazole rings is 1.